The highest BCUT2D eigenvalue weighted by Crippen LogP contribution is 2.34. The van der Waals surface area contributed by atoms with Crippen LogP contribution in [-0.4, -0.2) is 31.1 Å². The summed E-state index contributed by atoms with van der Waals surface area (Å²) in [6.45, 7) is 3.43. The summed E-state index contributed by atoms with van der Waals surface area (Å²) in [4.78, 5) is 16.8. The molecule has 0 bridgehead atoms. The Morgan fingerprint density at radius 3 is 2.56 bits per heavy atom. The maximum atomic E-state index is 12.1. The van der Waals surface area contributed by atoms with Crippen LogP contribution in [0.4, 0.5) is 5.69 Å². The van der Waals surface area contributed by atoms with E-state index in [4.69, 9.17) is 21.3 Å². The van der Waals surface area contributed by atoms with Crippen LogP contribution >= 0.6 is 11.6 Å². The molecule has 5 nitrogen and oxygen atoms in total. The number of hydrogen-bond donors (Lipinski definition) is 2. The Balaban J connectivity index is 1.34. The van der Waals surface area contributed by atoms with Crippen molar-refractivity contribution in [1.29, 1.82) is 0 Å². The number of pyridine rings is 1. The van der Waals surface area contributed by atoms with Crippen LogP contribution in [0.1, 0.15) is 24.0 Å². The minimum atomic E-state index is -0.0800. The molecule has 0 aliphatic rings. The highest BCUT2D eigenvalue weighted by atomic mass is 35.5. The average Bonchev–Trinajstić information content (AvgIpc) is 2.84. The molecule has 0 saturated heterocycles. The molecule has 1 aromatic heterocycles. The second-order valence-electron chi connectivity index (χ2n) is 8.20. The van der Waals surface area contributed by atoms with E-state index in [0.29, 0.717) is 11.6 Å². The van der Waals surface area contributed by atoms with Crippen molar-refractivity contribution in [2.75, 3.05) is 25.5 Å². The fourth-order valence-corrected chi connectivity index (χ4v) is 3.96. The van der Waals surface area contributed by atoms with E-state index < -0.39 is 0 Å². The van der Waals surface area contributed by atoms with Crippen molar-refractivity contribution in [1.82, 2.24) is 10.3 Å². The number of aromatic nitrogens is 1. The smallest absolute Gasteiger partial charge is 0.243 e. The van der Waals surface area contributed by atoms with Crippen LogP contribution in [0, 0.1) is 6.92 Å². The molecule has 0 radical (unpaired) electrons. The zero-order valence-electron chi connectivity index (χ0n) is 19.4. The SMILES string of the molecule is COc1ccc2nc3cc(Cl)ccc3c(NCCCCNC(=O)/C=C/c3ccc(C)cc3)c2c1. The lowest BCUT2D eigenvalue weighted by Gasteiger charge is -2.14. The van der Waals surface area contributed by atoms with Crippen LogP contribution in [0.3, 0.4) is 0 Å². The zero-order valence-corrected chi connectivity index (χ0v) is 20.2. The van der Waals surface area contributed by atoms with E-state index in [-0.39, 0.29) is 5.91 Å². The van der Waals surface area contributed by atoms with Gasteiger partial charge in [-0.1, -0.05) is 41.4 Å². The van der Waals surface area contributed by atoms with E-state index in [1.54, 1.807) is 13.2 Å². The highest BCUT2D eigenvalue weighted by molar-refractivity contribution is 6.31. The van der Waals surface area contributed by atoms with E-state index in [2.05, 4.69) is 10.6 Å². The number of hydrogen-bond acceptors (Lipinski definition) is 4. The molecule has 0 fully saturated rings. The highest BCUT2D eigenvalue weighted by Gasteiger charge is 2.10. The number of methoxy groups -OCH3 is 1. The van der Waals surface area contributed by atoms with Gasteiger partial charge in [0.05, 0.1) is 23.8 Å². The minimum absolute atomic E-state index is 0.0800. The maximum absolute atomic E-state index is 12.1. The largest absolute Gasteiger partial charge is 0.497 e. The number of aryl methyl sites for hydroxylation is 1. The molecule has 6 heteroatoms. The minimum Gasteiger partial charge on any atom is -0.497 e. The molecule has 4 aromatic rings. The number of halogens is 1. The Morgan fingerprint density at radius 1 is 0.971 bits per heavy atom. The maximum Gasteiger partial charge on any atom is 0.243 e. The van der Waals surface area contributed by atoms with Crippen molar-refractivity contribution in [3.05, 3.63) is 82.9 Å². The standard InChI is InChI=1S/C28H28ClN3O2/c1-19-5-7-20(8-6-19)9-14-27(33)30-15-3-4-16-31-28-23-12-10-21(29)17-26(23)32-25-13-11-22(34-2)18-24(25)28/h5-14,17-18H,3-4,15-16H2,1-2H3,(H,30,33)(H,31,32)/b14-9+. The number of carbonyl (C=O) groups is 1. The van der Waals surface area contributed by atoms with E-state index in [9.17, 15) is 4.79 Å². The van der Waals surface area contributed by atoms with E-state index >= 15 is 0 Å². The molecule has 0 unspecified atom stereocenters. The number of ether oxygens (including phenoxy) is 1. The lowest BCUT2D eigenvalue weighted by atomic mass is 10.1. The quantitative estimate of drug-likeness (QED) is 0.168. The van der Waals surface area contributed by atoms with Crippen molar-refractivity contribution in [3.8, 4) is 5.75 Å². The summed E-state index contributed by atoms with van der Waals surface area (Å²) < 4.78 is 5.42. The van der Waals surface area contributed by atoms with Crippen molar-refractivity contribution < 1.29 is 9.53 Å². The summed E-state index contributed by atoms with van der Waals surface area (Å²) in [5, 5.41) is 9.20. The van der Waals surface area contributed by atoms with Gasteiger partial charge in [-0.3, -0.25) is 4.79 Å². The number of fused-ring (bicyclic) bond motifs is 2. The number of carbonyl (C=O) groups excluding carboxylic acids is 1. The first-order chi connectivity index (χ1) is 16.5. The number of amides is 1. The normalized spacial score (nSPS) is 11.3. The monoisotopic (exact) mass is 473 g/mol. The van der Waals surface area contributed by atoms with Gasteiger partial charge in [0.1, 0.15) is 5.75 Å². The topological polar surface area (TPSA) is 63.2 Å². The Labute approximate surface area is 204 Å². The molecule has 1 amide bonds. The molecule has 1 heterocycles. The van der Waals surface area contributed by atoms with Gasteiger partial charge in [0, 0.05) is 35.0 Å². The summed E-state index contributed by atoms with van der Waals surface area (Å²) in [6, 6.07) is 19.7. The third-order valence-corrected chi connectivity index (χ3v) is 5.89. The third-order valence-electron chi connectivity index (χ3n) is 5.65. The predicted molar refractivity (Wildman–Crippen MR) is 142 cm³/mol. The molecule has 0 aliphatic heterocycles. The van der Waals surface area contributed by atoms with Gasteiger partial charge in [0.25, 0.3) is 0 Å². The zero-order chi connectivity index (χ0) is 23.9. The number of rotatable bonds is 9. The molecular formula is C28H28ClN3O2. The van der Waals surface area contributed by atoms with Gasteiger partial charge >= 0.3 is 0 Å². The summed E-state index contributed by atoms with van der Waals surface area (Å²) in [6.07, 6.45) is 5.19. The molecule has 4 rings (SSSR count). The Kier molecular flexibility index (Phi) is 7.65. The molecule has 2 N–H and O–H groups in total. The van der Waals surface area contributed by atoms with Crippen LogP contribution in [0.2, 0.25) is 5.02 Å². The molecule has 0 saturated carbocycles. The van der Waals surface area contributed by atoms with Gasteiger partial charge in [0.15, 0.2) is 0 Å². The number of nitrogens with one attached hydrogen (secondary N) is 2. The summed E-state index contributed by atoms with van der Waals surface area (Å²) in [5.41, 5.74) is 4.96. The average molecular weight is 474 g/mol. The molecule has 0 spiro atoms. The molecule has 0 aliphatic carbocycles. The van der Waals surface area contributed by atoms with Gasteiger partial charge in [-0.15, -0.1) is 0 Å². The van der Waals surface area contributed by atoms with Crippen molar-refractivity contribution in [2.24, 2.45) is 0 Å². The first-order valence-corrected chi connectivity index (χ1v) is 11.7. The number of nitrogens with zero attached hydrogens (tertiary/aromatic N) is 1. The fourth-order valence-electron chi connectivity index (χ4n) is 3.80. The summed E-state index contributed by atoms with van der Waals surface area (Å²) >= 11 is 6.20. The first-order valence-electron chi connectivity index (χ1n) is 11.4. The van der Waals surface area contributed by atoms with Crippen molar-refractivity contribution in [3.63, 3.8) is 0 Å². The lowest BCUT2D eigenvalue weighted by Crippen LogP contribution is -2.22. The fraction of sp³-hybridized carbons (Fsp3) is 0.214. The van der Waals surface area contributed by atoms with E-state index in [0.717, 1.165) is 58.2 Å². The van der Waals surface area contributed by atoms with E-state index in [1.165, 1.54) is 5.56 Å². The summed E-state index contributed by atoms with van der Waals surface area (Å²) in [5.74, 6) is 0.704. The molecule has 3 aromatic carbocycles. The Hall–Kier alpha value is -3.57. The number of benzene rings is 3. The molecule has 174 valence electrons. The predicted octanol–water partition coefficient (Wildman–Crippen LogP) is 6.38. The Bertz CT molecular complexity index is 1330. The molecular weight excluding hydrogens is 446 g/mol. The van der Waals surface area contributed by atoms with Crippen LogP contribution in [0.15, 0.2) is 66.7 Å². The van der Waals surface area contributed by atoms with Gasteiger partial charge < -0.3 is 15.4 Å². The third kappa shape index (κ3) is 5.86. The molecule has 0 atom stereocenters. The Morgan fingerprint density at radius 2 is 1.76 bits per heavy atom. The van der Waals surface area contributed by atoms with Crippen molar-refractivity contribution in [2.45, 2.75) is 19.8 Å². The van der Waals surface area contributed by atoms with Gasteiger partial charge in [0.2, 0.25) is 5.91 Å². The van der Waals surface area contributed by atoms with Gasteiger partial charge in [-0.2, -0.15) is 0 Å². The van der Waals surface area contributed by atoms with Crippen LogP contribution in [0.5, 0.6) is 5.75 Å². The van der Waals surface area contributed by atoms with E-state index in [1.807, 2.05) is 73.7 Å². The first kappa shape index (κ1) is 23.6. The summed E-state index contributed by atoms with van der Waals surface area (Å²) in [7, 11) is 1.66. The van der Waals surface area contributed by atoms with Crippen LogP contribution in [-0.2, 0) is 4.79 Å². The second kappa shape index (κ2) is 11.0. The number of unbranched alkanes of at least 4 members (excludes halogenated alkanes) is 1. The van der Waals surface area contributed by atoms with Crippen molar-refractivity contribution >= 4 is 51.1 Å². The number of anilines is 1. The second-order valence-corrected chi connectivity index (χ2v) is 8.64. The van der Waals surface area contributed by atoms with Gasteiger partial charge in [-0.25, -0.2) is 4.98 Å². The van der Waals surface area contributed by atoms with Crippen LogP contribution < -0.4 is 15.4 Å². The van der Waals surface area contributed by atoms with Gasteiger partial charge in [-0.05, 0) is 67.8 Å². The lowest BCUT2D eigenvalue weighted by molar-refractivity contribution is -0.116. The van der Waals surface area contributed by atoms with Crippen LogP contribution in [0.25, 0.3) is 27.9 Å². The molecule has 34 heavy (non-hydrogen) atoms.